The molecule has 1 saturated carbocycles. The van der Waals surface area contributed by atoms with E-state index >= 15 is 0 Å². The third-order valence-corrected chi connectivity index (χ3v) is 7.80. The highest BCUT2D eigenvalue weighted by molar-refractivity contribution is 7.92. The number of nitriles is 1. The molecule has 28 heavy (non-hydrogen) atoms. The van der Waals surface area contributed by atoms with Gasteiger partial charge >= 0.3 is 0 Å². The van der Waals surface area contributed by atoms with Gasteiger partial charge in [0.15, 0.2) is 9.84 Å². The molecule has 3 rings (SSSR count). The van der Waals surface area contributed by atoms with E-state index in [0.717, 1.165) is 32.1 Å². The van der Waals surface area contributed by atoms with Crippen LogP contribution >= 0.6 is 0 Å². The topological polar surface area (TPSA) is 107 Å². The summed E-state index contributed by atoms with van der Waals surface area (Å²) in [5, 5.41) is 10.4. The molecule has 0 spiro atoms. The maximum absolute atomic E-state index is 13.1. The summed E-state index contributed by atoms with van der Waals surface area (Å²) in [7, 11) is -3.66. The van der Waals surface area contributed by atoms with Crippen molar-refractivity contribution in [3.8, 4) is 6.07 Å². The van der Waals surface area contributed by atoms with Crippen molar-refractivity contribution < 1.29 is 18.0 Å². The van der Waals surface area contributed by atoms with Gasteiger partial charge in [0.25, 0.3) is 0 Å². The van der Waals surface area contributed by atoms with E-state index in [-0.39, 0.29) is 36.2 Å². The van der Waals surface area contributed by atoms with Gasteiger partial charge in [-0.1, -0.05) is 37.5 Å². The van der Waals surface area contributed by atoms with Crippen LogP contribution in [-0.2, 0) is 19.4 Å². The zero-order valence-electron chi connectivity index (χ0n) is 15.7. The minimum Gasteiger partial charge on any atom is -0.341 e. The Bertz CT molecular complexity index is 857. The minimum absolute atomic E-state index is 0.0111. The Morgan fingerprint density at radius 2 is 1.82 bits per heavy atom. The number of sulfone groups is 1. The number of amides is 2. The van der Waals surface area contributed by atoms with Crippen molar-refractivity contribution in [2.24, 2.45) is 5.92 Å². The summed E-state index contributed by atoms with van der Waals surface area (Å²) < 4.78 is 26.1. The van der Waals surface area contributed by atoms with Crippen LogP contribution in [0.2, 0.25) is 0 Å². The zero-order chi connectivity index (χ0) is 20.1. The molecule has 1 heterocycles. The van der Waals surface area contributed by atoms with Crippen LogP contribution in [-0.4, -0.2) is 49.5 Å². The molecule has 1 aromatic carbocycles. The molecule has 0 bridgehead atoms. The number of hydrogen-bond acceptors (Lipinski definition) is 5. The molecule has 2 unspecified atom stereocenters. The highest BCUT2D eigenvalue weighted by Gasteiger charge is 2.46. The molecule has 0 radical (unpaired) electrons. The molecule has 1 saturated heterocycles. The molecule has 2 atom stereocenters. The summed E-state index contributed by atoms with van der Waals surface area (Å²) in [6.07, 6.45) is 4.65. The lowest BCUT2D eigenvalue weighted by Crippen LogP contribution is -2.48. The fraction of sp³-hybridized carbons (Fsp3) is 0.550. The van der Waals surface area contributed by atoms with Crippen molar-refractivity contribution in [3.05, 3.63) is 30.3 Å². The number of benzene rings is 1. The van der Waals surface area contributed by atoms with Crippen molar-refractivity contribution in [1.29, 1.82) is 5.26 Å². The molecule has 2 amide bonds. The molecule has 2 fully saturated rings. The zero-order valence-corrected chi connectivity index (χ0v) is 16.5. The first-order chi connectivity index (χ1) is 13.4. The van der Waals surface area contributed by atoms with Gasteiger partial charge in [-0.2, -0.15) is 5.26 Å². The number of rotatable bonds is 5. The molecule has 1 N–H and O–H groups in total. The molecule has 7 nitrogen and oxygen atoms in total. The van der Waals surface area contributed by atoms with E-state index in [1.165, 1.54) is 17.0 Å². The van der Waals surface area contributed by atoms with Crippen molar-refractivity contribution >= 4 is 21.7 Å². The summed E-state index contributed by atoms with van der Waals surface area (Å²) in [5.74, 6) is -0.753. The lowest BCUT2D eigenvalue weighted by atomic mass is 9.88. The van der Waals surface area contributed by atoms with E-state index in [4.69, 9.17) is 5.26 Å². The lowest BCUT2D eigenvalue weighted by Gasteiger charge is -2.29. The van der Waals surface area contributed by atoms with Crippen LogP contribution in [0.5, 0.6) is 0 Å². The van der Waals surface area contributed by atoms with Gasteiger partial charge < -0.3 is 10.2 Å². The monoisotopic (exact) mass is 403 g/mol. The minimum atomic E-state index is -3.66. The van der Waals surface area contributed by atoms with Gasteiger partial charge in [-0.25, -0.2) is 8.42 Å². The summed E-state index contributed by atoms with van der Waals surface area (Å²) in [5.41, 5.74) is 0. The third-order valence-electron chi connectivity index (χ3n) is 5.66. The molecule has 8 heteroatoms. The Morgan fingerprint density at radius 1 is 1.14 bits per heavy atom. The van der Waals surface area contributed by atoms with Crippen LogP contribution in [0, 0.1) is 17.2 Å². The van der Waals surface area contributed by atoms with Crippen LogP contribution < -0.4 is 5.32 Å². The van der Waals surface area contributed by atoms with Crippen molar-refractivity contribution in [1.82, 2.24) is 10.2 Å². The van der Waals surface area contributed by atoms with Gasteiger partial charge in [0.2, 0.25) is 11.8 Å². The quantitative estimate of drug-likeness (QED) is 0.752. The number of carbonyl (C=O) groups excluding carboxylic acids is 2. The average Bonchev–Trinajstić information content (AvgIpc) is 3.19. The van der Waals surface area contributed by atoms with Crippen molar-refractivity contribution in [3.63, 3.8) is 0 Å². The number of nitrogens with zero attached hydrogens (tertiary/aromatic N) is 2. The summed E-state index contributed by atoms with van der Waals surface area (Å²) >= 11 is 0. The number of likely N-dealkylation sites (tertiary alicyclic amines) is 1. The molecule has 1 aliphatic carbocycles. The molecule has 150 valence electrons. The first kappa shape index (κ1) is 20.3. The van der Waals surface area contributed by atoms with Crippen LogP contribution in [0.15, 0.2) is 35.2 Å². The van der Waals surface area contributed by atoms with Gasteiger partial charge in [-0.05, 0) is 31.4 Å². The van der Waals surface area contributed by atoms with E-state index in [1.54, 1.807) is 18.2 Å². The SMILES string of the molecule is N#CCNC(=O)C1CC(S(=O)(=O)c2ccccc2)CN1C(=O)C1CCCCC1. The van der Waals surface area contributed by atoms with Gasteiger partial charge in [-0.3, -0.25) is 9.59 Å². The van der Waals surface area contributed by atoms with Gasteiger partial charge in [0.1, 0.15) is 12.6 Å². The summed E-state index contributed by atoms with van der Waals surface area (Å²) in [6.45, 7) is -0.159. The van der Waals surface area contributed by atoms with Crippen LogP contribution in [0.25, 0.3) is 0 Å². The van der Waals surface area contributed by atoms with Gasteiger partial charge in [-0.15, -0.1) is 0 Å². The molecule has 1 aromatic rings. The van der Waals surface area contributed by atoms with Crippen molar-refractivity contribution in [2.75, 3.05) is 13.1 Å². The lowest BCUT2D eigenvalue weighted by molar-refractivity contribution is -0.142. The Kier molecular flexibility index (Phi) is 6.35. The fourth-order valence-corrected chi connectivity index (χ4v) is 5.86. The molecular weight excluding hydrogens is 378 g/mol. The van der Waals surface area contributed by atoms with E-state index in [9.17, 15) is 18.0 Å². The summed E-state index contributed by atoms with van der Waals surface area (Å²) in [4.78, 5) is 27.3. The van der Waals surface area contributed by atoms with Crippen LogP contribution in [0.4, 0.5) is 0 Å². The first-order valence-electron chi connectivity index (χ1n) is 9.69. The maximum Gasteiger partial charge on any atom is 0.243 e. The Labute approximate surface area is 165 Å². The van der Waals surface area contributed by atoms with E-state index < -0.39 is 27.0 Å². The largest absolute Gasteiger partial charge is 0.341 e. The smallest absolute Gasteiger partial charge is 0.243 e. The van der Waals surface area contributed by atoms with Crippen LogP contribution in [0.1, 0.15) is 38.5 Å². The van der Waals surface area contributed by atoms with E-state index in [0.29, 0.717) is 0 Å². The number of carbonyl (C=O) groups is 2. The molecule has 2 aliphatic rings. The number of nitrogens with one attached hydrogen (secondary N) is 1. The van der Waals surface area contributed by atoms with Crippen LogP contribution in [0.3, 0.4) is 0 Å². The Hall–Kier alpha value is -2.40. The number of hydrogen-bond donors (Lipinski definition) is 1. The van der Waals surface area contributed by atoms with Crippen molar-refractivity contribution in [2.45, 2.75) is 54.7 Å². The molecular formula is C20H25N3O4S. The Morgan fingerprint density at radius 3 is 2.46 bits per heavy atom. The third kappa shape index (κ3) is 4.20. The second-order valence-corrected chi connectivity index (χ2v) is 9.66. The first-order valence-corrected chi connectivity index (χ1v) is 11.2. The standard InChI is InChI=1S/C20H25N3O4S/c21-11-12-22-19(24)18-13-17(28(26,27)16-9-5-2-6-10-16)14-23(18)20(25)15-7-3-1-4-8-15/h2,5-6,9-10,15,17-18H,1,3-4,7-8,12-14H2,(H,22,24). The highest BCUT2D eigenvalue weighted by atomic mass is 32.2. The average molecular weight is 404 g/mol. The normalized spacial score (nSPS) is 23.2. The highest BCUT2D eigenvalue weighted by Crippen LogP contribution is 2.32. The Balaban J connectivity index is 1.84. The molecule has 0 aromatic heterocycles. The predicted octanol–water partition coefficient (Wildman–Crippen LogP) is 1.65. The van der Waals surface area contributed by atoms with Gasteiger partial charge in [0, 0.05) is 12.5 Å². The summed E-state index contributed by atoms with van der Waals surface area (Å²) in [6, 6.07) is 9.11. The second-order valence-electron chi connectivity index (χ2n) is 7.43. The predicted molar refractivity (Wildman–Crippen MR) is 103 cm³/mol. The maximum atomic E-state index is 13.1. The van der Waals surface area contributed by atoms with E-state index in [2.05, 4.69) is 5.32 Å². The van der Waals surface area contributed by atoms with E-state index in [1.807, 2.05) is 6.07 Å². The fourth-order valence-electron chi connectivity index (χ4n) is 4.15. The molecule has 1 aliphatic heterocycles. The van der Waals surface area contributed by atoms with Gasteiger partial charge in [0.05, 0.1) is 16.2 Å². The second kappa shape index (κ2) is 8.74.